The Balaban J connectivity index is 2.97. The van der Waals surface area contributed by atoms with Crippen molar-refractivity contribution in [1.82, 2.24) is 0 Å². The van der Waals surface area contributed by atoms with Gasteiger partial charge in [-0.1, -0.05) is 37.7 Å². The molecular formula is C12H16ClN3OS. The van der Waals surface area contributed by atoms with Crippen LogP contribution < -0.4 is 16.8 Å². The van der Waals surface area contributed by atoms with Crippen molar-refractivity contribution in [3.8, 4) is 0 Å². The third-order valence-electron chi connectivity index (χ3n) is 2.54. The summed E-state index contributed by atoms with van der Waals surface area (Å²) < 4.78 is 0. The number of anilines is 1. The number of halogens is 1. The molecule has 5 N–H and O–H groups in total. The van der Waals surface area contributed by atoms with Gasteiger partial charge in [-0.2, -0.15) is 0 Å². The van der Waals surface area contributed by atoms with Crippen LogP contribution in [0.15, 0.2) is 18.2 Å². The first-order valence-corrected chi connectivity index (χ1v) is 6.26. The summed E-state index contributed by atoms with van der Waals surface area (Å²) in [5.74, 6) is -0.353. The Labute approximate surface area is 117 Å². The van der Waals surface area contributed by atoms with Gasteiger partial charge < -0.3 is 16.8 Å². The molecule has 1 rings (SSSR count). The number of carbonyl (C=O) groups is 1. The highest BCUT2D eigenvalue weighted by atomic mass is 35.5. The Hall–Kier alpha value is -1.33. The third-order valence-corrected chi connectivity index (χ3v) is 3.09. The van der Waals surface area contributed by atoms with Gasteiger partial charge in [0.05, 0.1) is 10.7 Å². The van der Waals surface area contributed by atoms with Crippen LogP contribution in [-0.2, 0) is 4.79 Å². The van der Waals surface area contributed by atoms with E-state index in [0.29, 0.717) is 16.3 Å². The lowest BCUT2D eigenvalue weighted by molar-refractivity contribution is -0.119. The number of rotatable bonds is 5. The van der Waals surface area contributed by atoms with Crippen LogP contribution in [0.5, 0.6) is 0 Å². The zero-order chi connectivity index (χ0) is 13.9. The maximum atomic E-state index is 11.3. The molecule has 0 aliphatic rings. The highest BCUT2D eigenvalue weighted by molar-refractivity contribution is 7.80. The van der Waals surface area contributed by atoms with E-state index in [-0.39, 0.29) is 10.9 Å². The SMILES string of the molecule is CC(C)C(Nc1ccc(C(N)=S)cc1Cl)C(N)=O. The fourth-order valence-corrected chi connectivity index (χ4v) is 1.88. The van der Waals surface area contributed by atoms with Crippen LogP contribution in [0.1, 0.15) is 19.4 Å². The number of primary amides is 1. The zero-order valence-electron chi connectivity index (χ0n) is 10.2. The Kier molecular flexibility index (Phi) is 4.93. The van der Waals surface area contributed by atoms with E-state index in [0.717, 1.165) is 0 Å². The summed E-state index contributed by atoms with van der Waals surface area (Å²) in [7, 11) is 0. The summed E-state index contributed by atoms with van der Waals surface area (Å²) in [5, 5.41) is 3.47. The highest BCUT2D eigenvalue weighted by Gasteiger charge is 2.20. The van der Waals surface area contributed by atoms with Gasteiger partial charge in [0, 0.05) is 5.56 Å². The molecule has 1 aromatic carbocycles. The van der Waals surface area contributed by atoms with E-state index in [1.807, 2.05) is 13.8 Å². The van der Waals surface area contributed by atoms with Gasteiger partial charge in [0.15, 0.2) is 0 Å². The topological polar surface area (TPSA) is 81.1 Å². The minimum absolute atomic E-state index is 0.0637. The minimum atomic E-state index is -0.474. The maximum absolute atomic E-state index is 11.3. The predicted molar refractivity (Wildman–Crippen MR) is 78.8 cm³/mol. The van der Waals surface area contributed by atoms with Gasteiger partial charge >= 0.3 is 0 Å². The molecular weight excluding hydrogens is 270 g/mol. The number of hydrogen-bond donors (Lipinski definition) is 3. The van der Waals surface area contributed by atoms with Gasteiger partial charge in [-0.3, -0.25) is 4.79 Å². The predicted octanol–water partition coefficient (Wildman–Crippen LogP) is 1.90. The van der Waals surface area contributed by atoms with E-state index < -0.39 is 11.9 Å². The molecule has 0 saturated heterocycles. The average molecular weight is 286 g/mol. The van der Waals surface area contributed by atoms with Crippen LogP contribution >= 0.6 is 23.8 Å². The van der Waals surface area contributed by atoms with E-state index in [1.54, 1.807) is 18.2 Å². The molecule has 0 fully saturated rings. The second-order valence-corrected chi connectivity index (χ2v) is 5.17. The molecule has 98 valence electrons. The molecule has 18 heavy (non-hydrogen) atoms. The smallest absolute Gasteiger partial charge is 0.240 e. The third kappa shape index (κ3) is 3.58. The fourth-order valence-electron chi connectivity index (χ4n) is 1.52. The van der Waals surface area contributed by atoms with E-state index in [4.69, 9.17) is 35.3 Å². The summed E-state index contributed by atoms with van der Waals surface area (Å²) in [6.07, 6.45) is 0. The van der Waals surface area contributed by atoms with Crippen molar-refractivity contribution < 1.29 is 4.79 Å². The Morgan fingerprint density at radius 3 is 2.39 bits per heavy atom. The lowest BCUT2D eigenvalue weighted by Gasteiger charge is -2.21. The second-order valence-electron chi connectivity index (χ2n) is 4.33. The van der Waals surface area contributed by atoms with Crippen LogP contribution in [0, 0.1) is 5.92 Å². The molecule has 0 bridgehead atoms. The number of nitrogens with one attached hydrogen (secondary N) is 1. The normalized spacial score (nSPS) is 12.2. The Morgan fingerprint density at radius 1 is 1.39 bits per heavy atom. The highest BCUT2D eigenvalue weighted by Crippen LogP contribution is 2.24. The van der Waals surface area contributed by atoms with Gasteiger partial charge in [0.1, 0.15) is 11.0 Å². The van der Waals surface area contributed by atoms with Gasteiger partial charge in [0.2, 0.25) is 5.91 Å². The number of nitrogens with two attached hydrogens (primary N) is 2. The van der Waals surface area contributed by atoms with Gasteiger partial charge in [0.25, 0.3) is 0 Å². The molecule has 0 aliphatic carbocycles. The first-order chi connectivity index (χ1) is 8.32. The van der Waals surface area contributed by atoms with Gasteiger partial charge in [-0.15, -0.1) is 0 Å². The molecule has 0 aliphatic heterocycles. The number of carbonyl (C=O) groups excluding carboxylic acids is 1. The van der Waals surface area contributed by atoms with Crippen molar-refractivity contribution in [3.63, 3.8) is 0 Å². The molecule has 6 heteroatoms. The summed E-state index contributed by atoms with van der Waals surface area (Å²) in [6, 6.07) is 4.66. The van der Waals surface area contributed by atoms with Gasteiger partial charge in [-0.05, 0) is 24.1 Å². The van der Waals surface area contributed by atoms with Crippen LogP contribution in [0.3, 0.4) is 0 Å². The molecule has 0 heterocycles. The number of amides is 1. The van der Waals surface area contributed by atoms with Crippen molar-refractivity contribution in [1.29, 1.82) is 0 Å². The number of benzene rings is 1. The lowest BCUT2D eigenvalue weighted by Crippen LogP contribution is -2.39. The first-order valence-electron chi connectivity index (χ1n) is 5.48. The molecule has 0 aromatic heterocycles. The average Bonchev–Trinajstić information content (AvgIpc) is 2.25. The zero-order valence-corrected chi connectivity index (χ0v) is 11.8. The first kappa shape index (κ1) is 14.7. The maximum Gasteiger partial charge on any atom is 0.240 e. The van der Waals surface area contributed by atoms with Crippen molar-refractivity contribution in [3.05, 3.63) is 28.8 Å². The molecule has 0 radical (unpaired) electrons. The molecule has 1 unspecified atom stereocenters. The van der Waals surface area contributed by atoms with Crippen LogP contribution in [0.2, 0.25) is 5.02 Å². The van der Waals surface area contributed by atoms with Crippen LogP contribution in [-0.4, -0.2) is 16.9 Å². The fraction of sp³-hybridized carbons (Fsp3) is 0.333. The Morgan fingerprint density at radius 2 is 2.00 bits per heavy atom. The number of hydrogen-bond acceptors (Lipinski definition) is 3. The molecule has 4 nitrogen and oxygen atoms in total. The van der Waals surface area contributed by atoms with Crippen molar-refractivity contribution in [2.45, 2.75) is 19.9 Å². The van der Waals surface area contributed by atoms with E-state index in [2.05, 4.69) is 5.32 Å². The summed E-state index contributed by atoms with van der Waals surface area (Å²) in [4.78, 5) is 11.6. The molecule has 1 amide bonds. The summed E-state index contributed by atoms with van der Waals surface area (Å²) >= 11 is 11.0. The largest absolute Gasteiger partial charge is 0.389 e. The molecule has 1 aromatic rings. The second kappa shape index (κ2) is 6.02. The minimum Gasteiger partial charge on any atom is -0.389 e. The Bertz CT molecular complexity index is 476. The molecule has 1 atom stereocenters. The quantitative estimate of drug-likeness (QED) is 0.722. The molecule has 0 saturated carbocycles. The van der Waals surface area contributed by atoms with Crippen molar-refractivity contribution in [2.75, 3.05) is 5.32 Å². The van der Waals surface area contributed by atoms with Gasteiger partial charge in [-0.25, -0.2) is 0 Å². The lowest BCUT2D eigenvalue weighted by atomic mass is 10.0. The van der Waals surface area contributed by atoms with Crippen LogP contribution in [0.4, 0.5) is 5.69 Å². The van der Waals surface area contributed by atoms with E-state index in [9.17, 15) is 4.79 Å². The molecule has 0 spiro atoms. The van der Waals surface area contributed by atoms with Crippen molar-refractivity contribution in [2.24, 2.45) is 17.4 Å². The van der Waals surface area contributed by atoms with Crippen molar-refractivity contribution >= 4 is 40.4 Å². The standard InChI is InChI=1S/C12H16ClN3OS/c1-6(2)10(11(14)17)16-9-4-3-7(12(15)18)5-8(9)13/h3-6,10,16H,1-2H3,(H2,14,17)(H2,15,18). The number of thiocarbonyl (C=S) groups is 1. The van der Waals surface area contributed by atoms with Crippen LogP contribution in [0.25, 0.3) is 0 Å². The monoisotopic (exact) mass is 285 g/mol. The summed E-state index contributed by atoms with van der Waals surface area (Å²) in [6.45, 7) is 3.80. The van der Waals surface area contributed by atoms with E-state index in [1.165, 1.54) is 0 Å². The summed E-state index contributed by atoms with van der Waals surface area (Å²) in [5.41, 5.74) is 12.2. The van der Waals surface area contributed by atoms with E-state index >= 15 is 0 Å².